The summed E-state index contributed by atoms with van der Waals surface area (Å²) in [4.78, 5) is 34.8. The predicted molar refractivity (Wildman–Crippen MR) is 88.4 cm³/mol. The summed E-state index contributed by atoms with van der Waals surface area (Å²) in [5.41, 5.74) is 2.42. The average Bonchev–Trinajstić information content (AvgIpc) is 2.65. The Hall–Kier alpha value is -2.38. The van der Waals surface area contributed by atoms with Crippen molar-refractivity contribution in [2.45, 2.75) is 53.0 Å². The van der Waals surface area contributed by atoms with E-state index in [1.54, 1.807) is 25.5 Å². The number of nitrogens with one attached hydrogen (secondary N) is 2. The smallest absolute Gasteiger partial charge is 0.321 e. The summed E-state index contributed by atoms with van der Waals surface area (Å²) in [5, 5.41) is 8.97. The van der Waals surface area contributed by atoms with Crippen molar-refractivity contribution >= 4 is 17.9 Å². The van der Waals surface area contributed by atoms with E-state index in [0.717, 1.165) is 17.0 Å². The quantitative estimate of drug-likeness (QED) is 0.784. The van der Waals surface area contributed by atoms with Gasteiger partial charge in [0.15, 0.2) is 6.61 Å². The molecule has 1 heterocycles. The van der Waals surface area contributed by atoms with E-state index in [9.17, 15) is 14.4 Å². The van der Waals surface area contributed by atoms with Crippen LogP contribution >= 0.6 is 0 Å². The summed E-state index contributed by atoms with van der Waals surface area (Å²) >= 11 is 0. The Kier molecular flexibility index (Phi) is 6.51. The maximum atomic E-state index is 11.7. The van der Waals surface area contributed by atoms with Gasteiger partial charge in [0.05, 0.1) is 5.69 Å². The molecule has 0 unspecified atom stereocenters. The summed E-state index contributed by atoms with van der Waals surface area (Å²) in [5.74, 6) is -1.16. The Bertz CT molecular complexity index is 629. The van der Waals surface area contributed by atoms with E-state index < -0.39 is 30.1 Å². The van der Waals surface area contributed by atoms with Crippen molar-refractivity contribution in [1.29, 1.82) is 0 Å². The molecule has 0 aliphatic rings. The number of aromatic nitrogens is 2. The largest absolute Gasteiger partial charge is 0.456 e. The highest BCUT2D eigenvalue weighted by Gasteiger charge is 2.17. The van der Waals surface area contributed by atoms with Crippen molar-refractivity contribution in [1.82, 2.24) is 20.4 Å². The molecular weight excluding hydrogens is 312 g/mol. The summed E-state index contributed by atoms with van der Waals surface area (Å²) in [6.45, 7) is 8.71. The highest BCUT2D eigenvalue weighted by Crippen LogP contribution is 2.14. The maximum Gasteiger partial charge on any atom is 0.321 e. The zero-order chi connectivity index (χ0) is 18.5. The first kappa shape index (κ1) is 19.7. The zero-order valence-corrected chi connectivity index (χ0v) is 15.1. The molecule has 1 rings (SSSR count). The molecule has 1 aromatic rings. The van der Waals surface area contributed by atoms with Crippen LogP contribution in [0.1, 0.15) is 44.1 Å². The van der Waals surface area contributed by atoms with Crippen LogP contribution in [0, 0.1) is 13.8 Å². The lowest BCUT2D eigenvalue weighted by Crippen LogP contribution is -2.49. The SMILES string of the molecule is Cc1nn(C)c(C)c1CCC(=O)OCC(=O)NC(=O)NC(C)(C)C. The number of aryl methyl sites for hydroxylation is 2. The van der Waals surface area contributed by atoms with Gasteiger partial charge in [0.1, 0.15) is 0 Å². The van der Waals surface area contributed by atoms with E-state index in [4.69, 9.17) is 4.74 Å². The van der Waals surface area contributed by atoms with Crippen LogP contribution in [0.4, 0.5) is 4.79 Å². The number of imide groups is 1. The molecule has 0 saturated carbocycles. The summed E-state index contributed by atoms with van der Waals surface area (Å²) < 4.78 is 6.65. The van der Waals surface area contributed by atoms with Crippen molar-refractivity contribution in [3.05, 3.63) is 17.0 Å². The second kappa shape index (κ2) is 7.94. The molecule has 0 aromatic carbocycles. The summed E-state index contributed by atoms with van der Waals surface area (Å²) in [6.07, 6.45) is 0.644. The first-order valence-electron chi connectivity index (χ1n) is 7.76. The van der Waals surface area contributed by atoms with Crippen LogP contribution in [-0.2, 0) is 27.8 Å². The number of carbonyl (C=O) groups is 3. The van der Waals surface area contributed by atoms with Gasteiger partial charge in [0.2, 0.25) is 0 Å². The van der Waals surface area contributed by atoms with Gasteiger partial charge in [-0.25, -0.2) is 4.79 Å². The van der Waals surface area contributed by atoms with Crippen molar-refractivity contribution in [3.8, 4) is 0 Å². The average molecular weight is 338 g/mol. The first-order valence-corrected chi connectivity index (χ1v) is 7.76. The van der Waals surface area contributed by atoms with Gasteiger partial charge in [-0.05, 0) is 46.6 Å². The molecule has 8 nitrogen and oxygen atoms in total. The lowest BCUT2D eigenvalue weighted by molar-refractivity contribution is -0.148. The highest BCUT2D eigenvalue weighted by molar-refractivity contribution is 5.95. The number of amides is 3. The van der Waals surface area contributed by atoms with Gasteiger partial charge in [0.25, 0.3) is 5.91 Å². The van der Waals surface area contributed by atoms with Gasteiger partial charge in [-0.1, -0.05) is 0 Å². The van der Waals surface area contributed by atoms with Gasteiger partial charge in [-0.15, -0.1) is 0 Å². The fourth-order valence-electron chi connectivity index (χ4n) is 2.16. The van der Waals surface area contributed by atoms with Crippen LogP contribution in [0.3, 0.4) is 0 Å². The summed E-state index contributed by atoms with van der Waals surface area (Å²) in [7, 11) is 1.84. The lowest BCUT2D eigenvalue weighted by Gasteiger charge is -2.20. The predicted octanol–water partition coefficient (Wildman–Crippen LogP) is 1.14. The molecular formula is C16H26N4O4. The monoisotopic (exact) mass is 338 g/mol. The Morgan fingerprint density at radius 2 is 1.83 bits per heavy atom. The van der Waals surface area contributed by atoms with E-state index in [-0.39, 0.29) is 6.42 Å². The number of nitrogens with zero attached hydrogens (tertiary/aromatic N) is 2. The van der Waals surface area contributed by atoms with E-state index >= 15 is 0 Å². The van der Waals surface area contributed by atoms with Crippen molar-refractivity contribution in [2.24, 2.45) is 7.05 Å². The fourth-order valence-corrected chi connectivity index (χ4v) is 2.16. The Balaban J connectivity index is 2.36. The molecule has 134 valence electrons. The molecule has 0 fully saturated rings. The third-order valence-corrected chi connectivity index (χ3v) is 3.34. The molecule has 0 saturated heterocycles. The minimum atomic E-state index is -0.668. The first-order chi connectivity index (χ1) is 11.0. The number of rotatable bonds is 5. The number of hydrogen-bond acceptors (Lipinski definition) is 5. The Morgan fingerprint density at radius 1 is 1.21 bits per heavy atom. The van der Waals surface area contributed by atoms with Gasteiger partial charge in [0, 0.05) is 24.7 Å². The number of carbonyl (C=O) groups excluding carboxylic acids is 3. The number of esters is 1. The molecule has 2 N–H and O–H groups in total. The zero-order valence-electron chi connectivity index (χ0n) is 15.1. The molecule has 0 radical (unpaired) electrons. The second-order valence-electron chi connectivity index (χ2n) is 6.69. The molecule has 24 heavy (non-hydrogen) atoms. The standard InChI is InChI=1S/C16H26N4O4/c1-10-12(11(2)20(6)19-10)7-8-14(22)24-9-13(21)17-15(23)18-16(3,4)5/h7-9H2,1-6H3,(H2,17,18,21,23). The van der Waals surface area contributed by atoms with Crippen LogP contribution in [0.5, 0.6) is 0 Å². The number of ether oxygens (including phenoxy) is 1. The van der Waals surface area contributed by atoms with Crippen LogP contribution in [0.15, 0.2) is 0 Å². The molecule has 3 amide bonds. The van der Waals surface area contributed by atoms with E-state index in [1.165, 1.54) is 0 Å². The Morgan fingerprint density at radius 3 is 2.33 bits per heavy atom. The third kappa shape index (κ3) is 6.39. The van der Waals surface area contributed by atoms with E-state index in [1.807, 2.05) is 20.9 Å². The minimum Gasteiger partial charge on any atom is -0.456 e. The van der Waals surface area contributed by atoms with E-state index in [0.29, 0.717) is 6.42 Å². The molecule has 0 aliphatic carbocycles. The van der Waals surface area contributed by atoms with Gasteiger partial charge in [-0.3, -0.25) is 19.6 Å². The Labute approximate surface area is 141 Å². The minimum absolute atomic E-state index is 0.148. The topological polar surface area (TPSA) is 102 Å². The van der Waals surface area contributed by atoms with Crippen LogP contribution in [-0.4, -0.2) is 39.8 Å². The van der Waals surface area contributed by atoms with Gasteiger partial charge < -0.3 is 10.1 Å². The molecule has 1 aromatic heterocycles. The van der Waals surface area contributed by atoms with Crippen molar-refractivity contribution in [3.63, 3.8) is 0 Å². The lowest BCUT2D eigenvalue weighted by atomic mass is 10.1. The second-order valence-corrected chi connectivity index (χ2v) is 6.69. The molecule has 0 aliphatic heterocycles. The summed E-state index contributed by atoms with van der Waals surface area (Å²) in [6, 6.07) is -0.620. The van der Waals surface area contributed by atoms with Crippen LogP contribution in [0.25, 0.3) is 0 Å². The molecule has 0 atom stereocenters. The van der Waals surface area contributed by atoms with E-state index in [2.05, 4.69) is 15.7 Å². The number of urea groups is 1. The highest BCUT2D eigenvalue weighted by atomic mass is 16.5. The van der Waals surface area contributed by atoms with Crippen molar-refractivity contribution < 1.29 is 19.1 Å². The maximum absolute atomic E-state index is 11.7. The molecule has 8 heteroatoms. The third-order valence-electron chi connectivity index (χ3n) is 3.34. The van der Waals surface area contributed by atoms with Crippen LogP contribution in [0.2, 0.25) is 0 Å². The van der Waals surface area contributed by atoms with Gasteiger partial charge in [-0.2, -0.15) is 5.10 Å². The molecule has 0 spiro atoms. The van der Waals surface area contributed by atoms with Crippen LogP contribution < -0.4 is 10.6 Å². The normalized spacial score (nSPS) is 11.1. The molecule has 0 bridgehead atoms. The van der Waals surface area contributed by atoms with Gasteiger partial charge >= 0.3 is 12.0 Å². The fraction of sp³-hybridized carbons (Fsp3) is 0.625. The number of hydrogen-bond donors (Lipinski definition) is 2. The van der Waals surface area contributed by atoms with Crippen molar-refractivity contribution in [2.75, 3.05) is 6.61 Å².